The number of nitrogens with one attached hydrogen (secondary N) is 2. The summed E-state index contributed by atoms with van der Waals surface area (Å²) in [4.78, 5) is 21.1. The lowest BCUT2D eigenvalue weighted by Crippen LogP contribution is -2.21. The number of thiophene rings is 2. The molecule has 8 rings (SSSR count). The minimum Gasteiger partial charge on any atom is -0.495 e. The number of aromatic nitrogens is 5. The van der Waals surface area contributed by atoms with E-state index in [1.165, 1.54) is 57.5 Å². The highest BCUT2D eigenvalue weighted by atomic mass is 32.2. The summed E-state index contributed by atoms with van der Waals surface area (Å²) in [5.74, 6) is 2.76. The second-order valence-corrected chi connectivity index (χ2v) is 17.5. The van der Waals surface area contributed by atoms with Gasteiger partial charge in [0, 0.05) is 54.1 Å². The molecule has 15 nitrogen and oxygen atoms in total. The van der Waals surface area contributed by atoms with Crippen molar-refractivity contribution in [2.45, 2.75) is 38.6 Å². The molecule has 0 aliphatic rings. The zero-order valence-corrected chi connectivity index (χ0v) is 38.9. The summed E-state index contributed by atoms with van der Waals surface area (Å²) in [6, 6.07) is 22.3. The predicted octanol–water partition coefficient (Wildman–Crippen LogP) is 13.5. The van der Waals surface area contributed by atoms with Crippen LogP contribution in [0.25, 0.3) is 20.4 Å². The Kier molecular flexibility index (Phi) is 13.8. The Morgan fingerprint density at radius 2 is 1.10 bits per heavy atom. The van der Waals surface area contributed by atoms with Gasteiger partial charge in [-0.3, -0.25) is 0 Å². The fourth-order valence-corrected chi connectivity index (χ4v) is 10.8. The average molecular weight is 922 g/mol. The molecule has 0 spiro atoms. The second kappa shape index (κ2) is 19.9. The van der Waals surface area contributed by atoms with E-state index in [0.717, 1.165) is 75.0 Å². The van der Waals surface area contributed by atoms with Gasteiger partial charge in [0.2, 0.25) is 11.9 Å². The summed E-state index contributed by atoms with van der Waals surface area (Å²) in [7, 11) is 3.29. The van der Waals surface area contributed by atoms with Crippen molar-refractivity contribution in [1.82, 2.24) is 23.7 Å². The summed E-state index contributed by atoms with van der Waals surface area (Å²) >= 11 is 7.12. The van der Waals surface area contributed by atoms with Crippen molar-refractivity contribution in [1.29, 1.82) is 0 Å². The largest absolute Gasteiger partial charge is 0.495 e. The van der Waals surface area contributed by atoms with Gasteiger partial charge in [0.05, 0.1) is 36.4 Å². The highest BCUT2D eigenvalue weighted by Crippen LogP contribution is 2.44. The SMILES string of the molecule is CCN(CC)c1ccc(/N=N/c2snc3scc(OC)c23)c(Nc2nc(Nc3cc(N(CC)CC)ccc3/N=N/c3snc4scc(OC)c34)nc(SCc3ccccc3)n2)c1. The van der Waals surface area contributed by atoms with Crippen LogP contribution in [-0.4, -0.2) is 64.1 Å². The third-order valence-corrected chi connectivity index (χ3v) is 14.1. The molecule has 0 radical (unpaired) electrons. The van der Waals surface area contributed by atoms with Crippen LogP contribution in [0.1, 0.15) is 33.3 Å². The van der Waals surface area contributed by atoms with Gasteiger partial charge in [-0.15, -0.1) is 43.1 Å². The summed E-state index contributed by atoms with van der Waals surface area (Å²) < 4.78 is 20.3. The number of nitrogens with zero attached hydrogens (tertiary/aromatic N) is 11. The molecule has 3 aromatic carbocycles. The monoisotopic (exact) mass is 921 g/mol. The van der Waals surface area contributed by atoms with E-state index in [9.17, 15) is 0 Å². The van der Waals surface area contributed by atoms with E-state index >= 15 is 0 Å². The molecule has 0 saturated heterocycles. The number of hydrogen-bond donors (Lipinski definition) is 2. The molecule has 5 aromatic heterocycles. The lowest BCUT2D eigenvalue weighted by Gasteiger charge is -2.22. The quantitative estimate of drug-likeness (QED) is 0.0584. The fraction of sp³-hybridized carbons (Fsp3) is 0.262. The van der Waals surface area contributed by atoms with Crippen LogP contribution in [0, 0.1) is 0 Å². The van der Waals surface area contributed by atoms with Gasteiger partial charge in [-0.1, -0.05) is 42.1 Å². The molecule has 0 atom stereocenters. The first-order chi connectivity index (χ1) is 30.4. The lowest BCUT2D eigenvalue weighted by molar-refractivity contribution is 0.421. The van der Waals surface area contributed by atoms with Crippen LogP contribution >= 0.6 is 57.5 Å². The molecule has 62 heavy (non-hydrogen) atoms. The fourth-order valence-electron chi connectivity index (χ4n) is 6.58. The van der Waals surface area contributed by atoms with Crippen LogP contribution in [0.15, 0.2) is 103 Å². The average Bonchev–Trinajstić information content (AvgIpc) is 4.10. The molecule has 20 heteroatoms. The predicted molar refractivity (Wildman–Crippen MR) is 259 cm³/mol. The highest BCUT2D eigenvalue weighted by Gasteiger charge is 2.18. The summed E-state index contributed by atoms with van der Waals surface area (Å²) in [5.41, 5.74) is 5.71. The maximum atomic E-state index is 5.60. The number of rotatable bonds is 19. The van der Waals surface area contributed by atoms with Crippen molar-refractivity contribution in [2.24, 2.45) is 20.5 Å². The van der Waals surface area contributed by atoms with E-state index in [4.69, 9.17) is 34.7 Å². The van der Waals surface area contributed by atoms with Crippen LogP contribution < -0.4 is 29.9 Å². The van der Waals surface area contributed by atoms with E-state index in [2.05, 4.69) is 79.2 Å². The number of fused-ring (bicyclic) bond motifs is 2. The number of hydrogen-bond acceptors (Lipinski definition) is 20. The Morgan fingerprint density at radius 1 is 0.613 bits per heavy atom. The molecule has 0 saturated carbocycles. The maximum Gasteiger partial charge on any atom is 0.233 e. The van der Waals surface area contributed by atoms with Gasteiger partial charge in [-0.25, -0.2) is 0 Å². The molecule has 5 heterocycles. The van der Waals surface area contributed by atoms with E-state index in [0.29, 0.717) is 55.6 Å². The van der Waals surface area contributed by atoms with Gasteiger partial charge >= 0.3 is 0 Å². The van der Waals surface area contributed by atoms with Gasteiger partial charge in [0.1, 0.15) is 32.5 Å². The van der Waals surface area contributed by atoms with E-state index < -0.39 is 0 Å². The van der Waals surface area contributed by atoms with Crippen molar-refractivity contribution in [3.05, 3.63) is 83.1 Å². The van der Waals surface area contributed by atoms with Gasteiger partial charge < -0.3 is 29.9 Å². The number of ether oxygens (including phenoxy) is 2. The van der Waals surface area contributed by atoms with E-state index in [1.54, 1.807) is 14.2 Å². The molecule has 0 aliphatic heterocycles. The summed E-state index contributed by atoms with van der Waals surface area (Å²) in [5, 5.41) is 33.3. The third kappa shape index (κ3) is 9.48. The van der Waals surface area contributed by atoms with E-state index in [-0.39, 0.29) is 0 Å². The minimum absolute atomic E-state index is 0.325. The Labute approximate surface area is 379 Å². The smallest absolute Gasteiger partial charge is 0.233 e. The zero-order chi connectivity index (χ0) is 43.0. The van der Waals surface area contributed by atoms with E-state index in [1.807, 2.05) is 65.4 Å². The second-order valence-electron chi connectivity index (χ2n) is 13.4. The first kappa shape index (κ1) is 42.9. The van der Waals surface area contributed by atoms with Gasteiger partial charge in [0.25, 0.3) is 0 Å². The van der Waals surface area contributed by atoms with Crippen molar-refractivity contribution in [3.63, 3.8) is 0 Å². The normalized spacial score (nSPS) is 11.6. The first-order valence-corrected chi connectivity index (χ1v) is 24.1. The molecule has 0 aliphatic carbocycles. The Bertz CT molecular complexity index is 2660. The third-order valence-electron chi connectivity index (χ3n) is 9.81. The highest BCUT2D eigenvalue weighted by molar-refractivity contribution is 7.98. The molecular weight excluding hydrogens is 879 g/mol. The Balaban J connectivity index is 1.19. The molecule has 0 unspecified atom stereocenters. The number of thioether (sulfide) groups is 1. The standard InChI is InChI=1S/C42H43N13O2S5/c1-7-54(8-2)26-16-18-28(48-50-36-34-32(56-5)23-58-38(34)52-61-36)30(20-26)43-40-45-41(47-42(46-40)60-22-25-14-12-11-13-15-25)44-31-21-27(55(9-3)10-4)17-19-29(31)49-51-37-35-33(57-6)24-59-39(35)53-62-37/h11-21,23-24H,7-10,22H2,1-6H3,(H2,43,44,45,46,47)/b50-48+,51-49+. The van der Waals surface area contributed by atoms with Crippen LogP contribution in [0.3, 0.4) is 0 Å². The first-order valence-electron chi connectivity index (χ1n) is 19.8. The number of anilines is 6. The van der Waals surface area contributed by atoms with Crippen molar-refractivity contribution < 1.29 is 9.47 Å². The Morgan fingerprint density at radius 3 is 1.55 bits per heavy atom. The molecule has 8 aromatic rings. The van der Waals surface area contributed by atoms with Gasteiger partial charge in [-0.2, -0.15) is 23.7 Å². The van der Waals surface area contributed by atoms with Crippen LogP contribution in [-0.2, 0) is 5.75 Å². The lowest BCUT2D eigenvalue weighted by atomic mass is 10.2. The zero-order valence-electron chi connectivity index (χ0n) is 34.8. The molecular formula is C42H43N13O2S5. The van der Waals surface area contributed by atoms with Gasteiger partial charge in [0.15, 0.2) is 15.2 Å². The number of benzene rings is 3. The molecule has 0 fully saturated rings. The maximum absolute atomic E-state index is 5.60. The van der Waals surface area contributed by atoms with Gasteiger partial charge in [-0.05, 0) is 92.7 Å². The van der Waals surface area contributed by atoms with Crippen molar-refractivity contribution in [2.75, 3.05) is 60.8 Å². The van der Waals surface area contributed by atoms with Crippen molar-refractivity contribution >= 4 is 134 Å². The number of azo groups is 2. The summed E-state index contributed by atoms with van der Waals surface area (Å²) in [6.07, 6.45) is 0. The van der Waals surface area contributed by atoms with Crippen LogP contribution in [0.5, 0.6) is 11.5 Å². The topological polar surface area (TPSA) is 163 Å². The molecule has 318 valence electrons. The van der Waals surface area contributed by atoms with Crippen LogP contribution in [0.2, 0.25) is 0 Å². The molecule has 0 bridgehead atoms. The Hall–Kier alpha value is -5.80. The summed E-state index contributed by atoms with van der Waals surface area (Å²) in [6.45, 7) is 11.8. The number of methoxy groups -OCH3 is 2. The molecule has 0 amide bonds. The van der Waals surface area contributed by atoms with Crippen molar-refractivity contribution in [3.8, 4) is 11.5 Å². The van der Waals surface area contributed by atoms with Crippen LogP contribution in [0.4, 0.5) is 56.0 Å². The minimum atomic E-state index is 0.325. The molecule has 2 N–H and O–H groups in total.